The first-order valence-electron chi connectivity index (χ1n) is 4.17. The molecule has 0 aliphatic carbocycles. The van der Waals surface area contributed by atoms with Crippen LogP contribution in [0, 0.1) is 0 Å². The lowest BCUT2D eigenvalue weighted by Gasteiger charge is -2.13. The molecule has 1 aromatic rings. The molecule has 0 bridgehead atoms. The van der Waals surface area contributed by atoms with Crippen molar-refractivity contribution < 1.29 is 0 Å². The van der Waals surface area contributed by atoms with E-state index in [1.807, 2.05) is 10.9 Å². The Morgan fingerprint density at radius 2 is 2.50 bits per heavy atom. The number of nitrogens with zero attached hydrogens (tertiary/aromatic N) is 2. The van der Waals surface area contributed by atoms with Gasteiger partial charge in [0, 0.05) is 6.20 Å². The lowest BCUT2D eigenvalue weighted by molar-refractivity contribution is 0.418. The highest BCUT2D eigenvalue weighted by molar-refractivity contribution is 6.30. The Labute approximate surface area is 77.5 Å². The normalized spacial score (nSPS) is 13.2. The van der Waals surface area contributed by atoms with Crippen molar-refractivity contribution in [1.29, 1.82) is 0 Å². The third kappa shape index (κ3) is 2.22. The predicted molar refractivity (Wildman–Crippen MR) is 50.2 cm³/mol. The largest absolute Gasteiger partial charge is 0.330 e. The van der Waals surface area contributed by atoms with Crippen LogP contribution in [0.4, 0.5) is 0 Å². The molecule has 0 aromatic carbocycles. The SMILES string of the molecule is CC[C@H](CCN)n1cc(Cl)cn1. The van der Waals surface area contributed by atoms with Gasteiger partial charge in [0.25, 0.3) is 0 Å². The van der Waals surface area contributed by atoms with Gasteiger partial charge in [0.1, 0.15) is 0 Å². The Kier molecular flexibility index (Phi) is 3.56. The molecule has 0 aliphatic rings. The van der Waals surface area contributed by atoms with E-state index in [1.54, 1.807) is 6.20 Å². The van der Waals surface area contributed by atoms with Gasteiger partial charge in [0.15, 0.2) is 0 Å². The lowest BCUT2D eigenvalue weighted by atomic mass is 10.1. The highest BCUT2D eigenvalue weighted by Crippen LogP contribution is 2.16. The molecule has 0 amide bonds. The Morgan fingerprint density at radius 1 is 1.75 bits per heavy atom. The zero-order chi connectivity index (χ0) is 8.97. The highest BCUT2D eigenvalue weighted by Gasteiger charge is 2.07. The monoisotopic (exact) mass is 187 g/mol. The van der Waals surface area contributed by atoms with Crippen molar-refractivity contribution >= 4 is 11.6 Å². The van der Waals surface area contributed by atoms with Gasteiger partial charge in [-0.2, -0.15) is 5.10 Å². The van der Waals surface area contributed by atoms with Crippen LogP contribution in [-0.2, 0) is 0 Å². The van der Waals surface area contributed by atoms with Crippen molar-refractivity contribution in [2.75, 3.05) is 6.54 Å². The van der Waals surface area contributed by atoms with Gasteiger partial charge in [-0.15, -0.1) is 0 Å². The van der Waals surface area contributed by atoms with Gasteiger partial charge in [-0.3, -0.25) is 4.68 Å². The molecule has 68 valence electrons. The molecule has 0 aliphatic heterocycles. The van der Waals surface area contributed by atoms with Crippen LogP contribution in [0.15, 0.2) is 12.4 Å². The minimum Gasteiger partial charge on any atom is -0.330 e. The molecule has 0 unspecified atom stereocenters. The van der Waals surface area contributed by atoms with Crippen LogP contribution in [-0.4, -0.2) is 16.3 Å². The Bertz CT molecular complexity index is 234. The fraction of sp³-hybridized carbons (Fsp3) is 0.625. The van der Waals surface area contributed by atoms with Crippen LogP contribution in [0.25, 0.3) is 0 Å². The first-order valence-corrected chi connectivity index (χ1v) is 4.55. The summed E-state index contributed by atoms with van der Waals surface area (Å²) < 4.78 is 1.88. The van der Waals surface area contributed by atoms with Crippen molar-refractivity contribution in [3.8, 4) is 0 Å². The maximum atomic E-state index is 5.75. The molecule has 3 nitrogen and oxygen atoms in total. The standard InChI is InChI=1S/C8H14ClN3/c1-2-8(3-4-10)12-6-7(9)5-11-12/h5-6,8H,2-4,10H2,1H3/t8-/m1/s1. The number of rotatable bonds is 4. The average Bonchev–Trinajstić information content (AvgIpc) is 2.47. The summed E-state index contributed by atoms with van der Waals surface area (Å²) in [6.45, 7) is 2.81. The van der Waals surface area contributed by atoms with Crippen LogP contribution < -0.4 is 5.73 Å². The van der Waals surface area contributed by atoms with Gasteiger partial charge in [0.2, 0.25) is 0 Å². The topological polar surface area (TPSA) is 43.8 Å². The van der Waals surface area contributed by atoms with Gasteiger partial charge in [-0.05, 0) is 19.4 Å². The maximum absolute atomic E-state index is 5.75. The van der Waals surface area contributed by atoms with Crippen LogP contribution in [0.3, 0.4) is 0 Å². The molecule has 12 heavy (non-hydrogen) atoms. The highest BCUT2D eigenvalue weighted by atomic mass is 35.5. The lowest BCUT2D eigenvalue weighted by Crippen LogP contribution is -2.13. The summed E-state index contributed by atoms with van der Waals surface area (Å²) in [5, 5.41) is 4.82. The summed E-state index contributed by atoms with van der Waals surface area (Å²) in [6.07, 6.45) is 5.48. The van der Waals surface area contributed by atoms with E-state index < -0.39 is 0 Å². The molecular weight excluding hydrogens is 174 g/mol. The first kappa shape index (κ1) is 9.55. The Morgan fingerprint density at radius 3 is 2.92 bits per heavy atom. The molecule has 0 fully saturated rings. The molecule has 0 saturated carbocycles. The maximum Gasteiger partial charge on any atom is 0.0785 e. The van der Waals surface area contributed by atoms with Gasteiger partial charge >= 0.3 is 0 Å². The molecule has 1 heterocycles. The molecular formula is C8H14ClN3. The van der Waals surface area contributed by atoms with Crippen molar-refractivity contribution in [2.45, 2.75) is 25.8 Å². The van der Waals surface area contributed by atoms with Gasteiger partial charge < -0.3 is 5.73 Å². The number of hydrogen-bond acceptors (Lipinski definition) is 2. The number of halogens is 1. The zero-order valence-corrected chi connectivity index (χ0v) is 7.96. The molecule has 1 atom stereocenters. The summed E-state index contributed by atoms with van der Waals surface area (Å²) in [5.74, 6) is 0. The average molecular weight is 188 g/mol. The third-order valence-electron chi connectivity index (χ3n) is 1.92. The van der Waals surface area contributed by atoms with Crippen LogP contribution >= 0.6 is 11.6 Å². The van der Waals surface area contributed by atoms with E-state index in [4.69, 9.17) is 17.3 Å². The molecule has 4 heteroatoms. The van der Waals surface area contributed by atoms with E-state index in [0.29, 0.717) is 17.6 Å². The van der Waals surface area contributed by atoms with E-state index in [9.17, 15) is 0 Å². The Balaban J connectivity index is 2.66. The summed E-state index contributed by atoms with van der Waals surface area (Å²) in [7, 11) is 0. The molecule has 0 spiro atoms. The molecule has 1 aromatic heterocycles. The van der Waals surface area contributed by atoms with Crippen molar-refractivity contribution in [3.63, 3.8) is 0 Å². The molecule has 1 rings (SSSR count). The predicted octanol–water partition coefficient (Wildman–Crippen LogP) is 1.84. The van der Waals surface area contributed by atoms with Crippen molar-refractivity contribution in [3.05, 3.63) is 17.4 Å². The minimum absolute atomic E-state index is 0.391. The van der Waals surface area contributed by atoms with E-state index in [0.717, 1.165) is 12.8 Å². The second-order valence-electron chi connectivity index (χ2n) is 2.78. The molecule has 2 N–H and O–H groups in total. The zero-order valence-electron chi connectivity index (χ0n) is 7.20. The van der Waals surface area contributed by atoms with Crippen molar-refractivity contribution in [1.82, 2.24) is 9.78 Å². The number of hydrogen-bond donors (Lipinski definition) is 1. The smallest absolute Gasteiger partial charge is 0.0785 e. The number of aromatic nitrogens is 2. The van der Waals surface area contributed by atoms with E-state index in [-0.39, 0.29) is 0 Å². The molecule has 0 radical (unpaired) electrons. The fourth-order valence-electron chi connectivity index (χ4n) is 1.23. The first-order chi connectivity index (χ1) is 5.77. The second-order valence-corrected chi connectivity index (χ2v) is 3.21. The second kappa shape index (κ2) is 4.48. The Hall–Kier alpha value is -0.540. The van der Waals surface area contributed by atoms with E-state index in [2.05, 4.69) is 12.0 Å². The summed E-state index contributed by atoms with van der Waals surface area (Å²) in [6, 6.07) is 0.391. The summed E-state index contributed by atoms with van der Waals surface area (Å²) >= 11 is 5.75. The van der Waals surface area contributed by atoms with Gasteiger partial charge in [-0.1, -0.05) is 18.5 Å². The summed E-state index contributed by atoms with van der Waals surface area (Å²) in [4.78, 5) is 0. The van der Waals surface area contributed by atoms with Crippen LogP contribution in [0.5, 0.6) is 0 Å². The van der Waals surface area contributed by atoms with E-state index in [1.165, 1.54) is 0 Å². The van der Waals surface area contributed by atoms with Crippen molar-refractivity contribution in [2.24, 2.45) is 5.73 Å². The van der Waals surface area contributed by atoms with Crippen LogP contribution in [0.1, 0.15) is 25.8 Å². The fourth-order valence-corrected chi connectivity index (χ4v) is 1.37. The molecule has 0 saturated heterocycles. The third-order valence-corrected chi connectivity index (χ3v) is 2.11. The quantitative estimate of drug-likeness (QED) is 0.782. The van der Waals surface area contributed by atoms with Crippen LogP contribution in [0.2, 0.25) is 5.02 Å². The number of nitrogens with two attached hydrogens (primary N) is 1. The van der Waals surface area contributed by atoms with Gasteiger partial charge in [-0.25, -0.2) is 0 Å². The van der Waals surface area contributed by atoms with Gasteiger partial charge in [0.05, 0.1) is 17.3 Å². The minimum atomic E-state index is 0.391. The van der Waals surface area contributed by atoms with E-state index >= 15 is 0 Å². The summed E-state index contributed by atoms with van der Waals surface area (Å²) in [5.41, 5.74) is 5.48.